The van der Waals surface area contributed by atoms with Crippen molar-refractivity contribution in [1.29, 1.82) is 0 Å². The first-order valence-electron chi connectivity index (χ1n) is 11.2. The van der Waals surface area contributed by atoms with Crippen molar-refractivity contribution >= 4 is 38.4 Å². The van der Waals surface area contributed by atoms with E-state index in [1.165, 1.54) is 36.5 Å². The van der Waals surface area contributed by atoms with Crippen molar-refractivity contribution in [1.82, 2.24) is 4.98 Å². The molecule has 0 unspecified atom stereocenters. The molecular formula is C27H24N2O6S. The summed E-state index contributed by atoms with van der Waals surface area (Å²) in [6.07, 6.45) is 0. The number of furan rings is 1. The minimum atomic E-state index is -1.03. The zero-order valence-electron chi connectivity index (χ0n) is 20.4. The number of ether oxygens (including phenoxy) is 2. The molecule has 8 nitrogen and oxygen atoms in total. The lowest BCUT2D eigenvalue weighted by molar-refractivity contribution is -0.117. The molecule has 36 heavy (non-hydrogen) atoms. The summed E-state index contributed by atoms with van der Waals surface area (Å²) in [6, 6.07) is 11.3. The number of hydrogen-bond donors (Lipinski definition) is 1. The summed E-state index contributed by atoms with van der Waals surface area (Å²) in [4.78, 5) is 33.3. The second-order valence-corrected chi connectivity index (χ2v) is 9.60. The number of aryl methyl sites for hydroxylation is 3. The number of amides is 1. The van der Waals surface area contributed by atoms with Gasteiger partial charge in [-0.05, 0) is 56.2 Å². The Labute approximate surface area is 211 Å². The molecule has 0 fully saturated rings. The zero-order valence-corrected chi connectivity index (χ0v) is 21.2. The first kappa shape index (κ1) is 23.6. The highest BCUT2D eigenvalue weighted by atomic mass is 32.1. The molecule has 1 amide bonds. The highest BCUT2D eigenvalue weighted by Gasteiger charge is 2.48. The molecule has 1 N–H and O–H groups in total. The Kier molecular flexibility index (Phi) is 5.80. The van der Waals surface area contributed by atoms with E-state index < -0.39 is 23.5 Å². The normalized spacial score (nSPS) is 15.8. The van der Waals surface area contributed by atoms with Crippen LogP contribution in [0.2, 0.25) is 0 Å². The third kappa shape index (κ3) is 3.63. The van der Waals surface area contributed by atoms with Crippen molar-refractivity contribution in [2.45, 2.75) is 26.8 Å². The van der Waals surface area contributed by atoms with Crippen LogP contribution in [0.4, 0.5) is 5.13 Å². The molecule has 0 saturated carbocycles. The van der Waals surface area contributed by atoms with Crippen molar-refractivity contribution < 1.29 is 28.6 Å². The fourth-order valence-corrected chi connectivity index (χ4v) is 5.78. The average molecular weight is 505 g/mol. The van der Waals surface area contributed by atoms with E-state index in [-0.39, 0.29) is 11.3 Å². The fourth-order valence-electron chi connectivity index (χ4n) is 4.61. The van der Waals surface area contributed by atoms with Crippen LogP contribution >= 0.6 is 11.3 Å². The number of ketones is 1. The van der Waals surface area contributed by atoms with Gasteiger partial charge in [0.25, 0.3) is 5.91 Å². The molecule has 0 bridgehead atoms. The summed E-state index contributed by atoms with van der Waals surface area (Å²) >= 11 is 1.31. The van der Waals surface area contributed by atoms with E-state index in [1.807, 2.05) is 26.0 Å². The number of aliphatic hydroxyl groups is 1. The molecule has 1 atom stereocenters. The second-order valence-electron chi connectivity index (χ2n) is 8.59. The second kappa shape index (κ2) is 8.83. The Hall–Kier alpha value is -4.11. The van der Waals surface area contributed by atoms with Crippen LogP contribution in [-0.4, -0.2) is 36.0 Å². The van der Waals surface area contributed by atoms with Crippen molar-refractivity contribution in [3.8, 4) is 11.5 Å². The number of fused-ring (bicyclic) bond motifs is 1. The van der Waals surface area contributed by atoms with Gasteiger partial charge in [0.2, 0.25) is 5.78 Å². The number of Topliss-reactive ketones (excluding diaryl/α,β-unsaturated/α-hetero) is 1. The first-order valence-corrected chi connectivity index (χ1v) is 12.0. The van der Waals surface area contributed by atoms with Crippen molar-refractivity contribution in [3.63, 3.8) is 0 Å². The predicted octanol–water partition coefficient (Wildman–Crippen LogP) is 5.61. The number of rotatable bonds is 6. The minimum Gasteiger partial charge on any atom is -0.503 e. The largest absolute Gasteiger partial charge is 0.503 e. The number of carbonyl (C=O) groups is 2. The van der Waals surface area contributed by atoms with Gasteiger partial charge in [-0.1, -0.05) is 29.5 Å². The van der Waals surface area contributed by atoms with Gasteiger partial charge < -0.3 is 19.0 Å². The summed E-state index contributed by atoms with van der Waals surface area (Å²) in [5.41, 5.74) is 3.14. The third-order valence-corrected chi connectivity index (χ3v) is 7.17. The third-order valence-electron chi connectivity index (χ3n) is 6.17. The number of hydrogen-bond acceptors (Lipinski definition) is 8. The molecule has 2 aromatic carbocycles. The smallest absolute Gasteiger partial charge is 0.296 e. The van der Waals surface area contributed by atoms with Gasteiger partial charge in [0.05, 0.1) is 30.0 Å². The van der Waals surface area contributed by atoms with Gasteiger partial charge in [-0.25, -0.2) is 4.98 Å². The van der Waals surface area contributed by atoms with Gasteiger partial charge >= 0.3 is 0 Å². The molecule has 4 aromatic rings. The Morgan fingerprint density at radius 3 is 2.56 bits per heavy atom. The van der Waals surface area contributed by atoms with Gasteiger partial charge in [0, 0.05) is 5.56 Å². The molecule has 184 valence electrons. The van der Waals surface area contributed by atoms with Crippen LogP contribution in [0.25, 0.3) is 10.2 Å². The van der Waals surface area contributed by atoms with Crippen LogP contribution in [0.3, 0.4) is 0 Å². The number of methoxy groups -OCH3 is 2. The highest BCUT2D eigenvalue weighted by Crippen LogP contribution is 2.48. The summed E-state index contributed by atoms with van der Waals surface area (Å²) in [5, 5.41) is 11.4. The van der Waals surface area contributed by atoms with Gasteiger partial charge in [-0.3, -0.25) is 14.5 Å². The topological polar surface area (TPSA) is 102 Å². The number of aromatic nitrogens is 1. The quantitative estimate of drug-likeness (QED) is 0.340. The summed E-state index contributed by atoms with van der Waals surface area (Å²) in [6.45, 7) is 5.66. The Morgan fingerprint density at radius 2 is 1.89 bits per heavy atom. The molecule has 1 aliphatic rings. The molecule has 5 rings (SSSR count). The maximum atomic E-state index is 13.6. The Morgan fingerprint density at radius 1 is 1.11 bits per heavy atom. The van der Waals surface area contributed by atoms with E-state index in [0.29, 0.717) is 28.0 Å². The number of thiazole rings is 1. The van der Waals surface area contributed by atoms with Crippen LogP contribution in [0.1, 0.15) is 39.0 Å². The highest BCUT2D eigenvalue weighted by molar-refractivity contribution is 7.22. The monoisotopic (exact) mass is 504 g/mol. The molecular weight excluding hydrogens is 480 g/mol. The van der Waals surface area contributed by atoms with E-state index in [4.69, 9.17) is 18.9 Å². The lowest BCUT2D eigenvalue weighted by atomic mass is 9.94. The molecule has 0 saturated heterocycles. The number of anilines is 1. The van der Waals surface area contributed by atoms with Gasteiger partial charge in [0.1, 0.15) is 11.8 Å². The van der Waals surface area contributed by atoms with E-state index >= 15 is 0 Å². The fraction of sp³-hybridized carbons (Fsp3) is 0.222. The molecule has 0 spiro atoms. The lowest BCUT2D eigenvalue weighted by Gasteiger charge is -2.26. The van der Waals surface area contributed by atoms with Crippen LogP contribution < -0.4 is 14.4 Å². The first-order chi connectivity index (χ1) is 17.2. The summed E-state index contributed by atoms with van der Waals surface area (Å²) < 4.78 is 17.6. The molecule has 0 aliphatic carbocycles. The number of nitrogens with zero attached hydrogens (tertiary/aromatic N) is 2. The van der Waals surface area contributed by atoms with E-state index in [2.05, 4.69) is 0 Å². The molecule has 1 aliphatic heterocycles. The Balaban J connectivity index is 1.75. The lowest BCUT2D eigenvalue weighted by Crippen LogP contribution is -2.31. The Bertz CT molecular complexity index is 1560. The predicted molar refractivity (Wildman–Crippen MR) is 136 cm³/mol. The molecule has 9 heteroatoms. The van der Waals surface area contributed by atoms with Gasteiger partial charge in [0.15, 0.2) is 28.1 Å². The maximum Gasteiger partial charge on any atom is 0.296 e. The molecule has 2 aromatic heterocycles. The van der Waals surface area contributed by atoms with Gasteiger partial charge in [-0.2, -0.15) is 0 Å². The standard InChI is InChI=1S/C27H24N2O6S/c1-13-11-14(2)21-19(12-13)36-27(28-21)29-22(16-7-6-8-18(33-4)25(16)34-5)20(24(31)26(29)32)23(30)17-10-9-15(3)35-17/h6-12,22,31H,1-5H3/t22-/m0/s1. The van der Waals surface area contributed by atoms with Gasteiger partial charge in [-0.15, -0.1) is 0 Å². The van der Waals surface area contributed by atoms with E-state index in [1.54, 1.807) is 31.2 Å². The molecule has 3 heterocycles. The summed E-state index contributed by atoms with van der Waals surface area (Å²) in [5.74, 6) is -0.671. The van der Waals surface area contributed by atoms with Crippen molar-refractivity contribution in [2.24, 2.45) is 0 Å². The zero-order chi connectivity index (χ0) is 25.7. The number of para-hydroxylation sites is 1. The van der Waals surface area contributed by atoms with Crippen LogP contribution in [0.15, 0.2) is 58.2 Å². The number of carbonyl (C=O) groups excluding carboxylic acids is 2. The van der Waals surface area contributed by atoms with Crippen LogP contribution in [0, 0.1) is 20.8 Å². The van der Waals surface area contributed by atoms with Crippen molar-refractivity contribution in [2.75, 3.05) is 19.1 Å². The van der Waals surface area contributed by atoms with Crippen molar-refractivity contribution in [3.05, 3.63) is 82.0 Å². The molecule has 0 radical (unpaired) electrons. The average Bonchev–Trinajstić information content (AvgIpc) is 3.54. The van der Waals surface area contributed by atoms with E-state index in [0.717, 1.165) is 21.3 Å². The SMILES string of the molecule is COc1cccc([C@H]2C(C(=O)c3ccc(C)o3)=C(O)C(=O)N2c2nc3c(C)cc(C)cc3s2)c1OC. The number of benzene rings is 2. The van der Waals surface area contributed by atoms with E-state index in [9.17, 15) is 14.7 Å². The maximum absolute atomic E-state index is 13.6. The number of aliphatic hydroxyl groups excluding tert-OH is 1. The van der Waals surface area contributed by atoms with Crippen LogP contribution in [-0.2, 0) is 4.79 Å². The van der Waals surface area contributed by atoms with Crippen LogP contribution in [0.5, 0.6) is 11.5 Å². The minimum absolute atomic E-state index is 0.0198. The summed E-state index contributed by atoms with van der Waals surface area (Å²) in [7, 11) is 2.98.